The first kappa shape index (κ1) is 40.6. The molecule has 0 amide bonds. The summed E-state index contributed by atoms with van der Waals surface area (Å²) >= 11 is 8.01. The third kappa shape index (κ3) is 11.2. The molecule has 2 aromatic carbocycles. The number of unbranched alkanes of at least 4 members (excludes halogenated alkanes) is 18. The number of nitrogens with zero attached hydrogens (tertiary/aromatic N) is 3. The summed E-state index contributed by atoms with van der Waals surface area (Å²) in [5.41, 5.74) is 2.73. The summed E-state index contributed by atoms with van der Waals surface area (Å²) in [5, 5.41) is 15.2. The molecule has 5 rings (SSSR count). The maximum absolute atomic E-state index is 13.6. The monoisotopic (exact) mass is 755 g/mol. The Morgan fingerprint density at radius 3 is 2.02 bits per heavy atom. The minimum atomic E-state index is -0.260. The molecule has 3 aromatic rings. The van der Waals surface area contributed by atoms with Gasteiger partial charge in [-0.1, -0.05) is 158 Å². The molecule has 0 atom stereocenters. The highest BCUT2D eigenvalue weighted by atomic mass is 35.5. The van der Waals surface area contributed by atoms with Crippen molar-refractivity contribution in [3.8, 4) is 5.75 Å². The Bertz CT molecular complexity index is 1820. The number of benzene rings is 2. The molecular weight excluding hydrogens is 698 g/mol. The van der Waals surface area contributed by atoms with E-state index in [2.05, 4.69) is 23.3 Å². The van der Waals surface area contributed by atoms with E-state index in [0.717, 1.165) is 53.1 Å². The molecule has 284 valence electrons. The van der Waals surface area contributed by atoms with Gasteiger partial charge in [-0.25, -0.2) is 4.85 Å². The van der Waals surface area contributed by atoms with Crippen LogP contribution in [0.25, 0.3) is 21.1 Å². The number of Topliss-reactive ketones (excluding diaryl/α,β-unsaturated/α-hetero) is 1. The number of thiazole rings is 1. The van der Waals surface area contributed by atoms with Gasteiger partial charge in [-0.05, 0) is 37.1 Å². The molecular formula is C45H58ClN3O3S. The van der Waals surface area contributed by atoms with Crippen molar-refractivity contribution in [1.82, 2.24) is 0 Å². The van der Waals surface area contributed by atoms with E-state index in [9.17, 15) is 9.90 Å². The Labute approximate surface area is 327 Å². The predicted molar refractivity (Wildman–Crippen MR) is 219 cm³/mol. The molecule has 53 heavy (non-hydrogen) atoms. The topological polar surface area (TPSA) is 60.8 Å². The second-order valence-electron chi connectivity index (χ2n) is 14.7. The highest BCUT2D eigenvalue weighted by Crippen LogP contribution is 2.43. The SMILES string of the molecule is [C-]#[N+]c1ccc2c(c1)N(CCCCCCCCCCCC)/C(=C\C1=C([O-])C(=Cc3sc4ccc(Cl)cc4[n+]3CCCCCCCCCCCC)C1=O)O2. The third-order valence-electron chi connectivity index (χ3n) is 10.5. The van der Waals surface area contributed by atoms with Crippen LogP contribution in [0.3, 0.4) is 0 Å². The zero-order valence-electron chi connectivity index (χ0n) is 32.0. The number of hydrogen-bond donors (Lipinski definition) is 0. The van der Waals surface area contributed by atoms with Crippen molar-refractivity contribution in [3.05, 3.63) is 86.7 Å². The van der Waals surface area contributed by atoms with E-state index in [1.807, 2.05) is 29.2 Å². The maximum atomic E-state index is 13.6. The molecule has 0 spiro atoms. The van der Waals surface area contributed by atoms with Gasteiger partial charge in [0, 0.05) is 47.4 Å². The lowest BCUT2D eigenvalue weighted by atomic mass is 9.87. The normalized spacial score (nSPS) is 15.4. The van der Waals surface area contributed by atoms with Gasteiger partial charge >= 0.3 is 0 Å². The minimum Gasteiger partial charge on any atom is -0.871 e. The molecule has 0 radical (unpaired) electrons. The molecule has 6 nitrogen and oxygen atoms in total. The van der Waals surface area contributed by atoms with Crippen molar-refractivity contribution in [1.29, 1.82) is 0 Å². The number of aromatic nitrogens is 1. The lowest BCUT2D eigenvalue weighted by Crippen LogP contribution is -2.36. The number of carbonyl (C=O) groups is 1. The van der Waals surface area contributed by atoms with E-state index in [1.165, 1.54) is 103 Å². The van der Waals surface area contributed by atoms with Gasteiger partial charge in [0.2, 0.25) is 11.4 Å². The largest absolute Gasteiger partial charge is 0.871 e. The van der Waals surface area contributed by atoms with Crippen LogP contribution in [-0.2, 0) is 11.3 Å². The Morgan fingerprint density at radius 2 is 1.42 bits per heavy atom. The summed E-state index contributed by atoms with van der Waals surface area (Å²) in [6.07, 6.45) is 28.4. The molecule has 2 heterocycles. The lowest BCUT2D eigenvalue weighted by molar-refractivity contribution is -0.669. The quantitative estimate of drug-likeness (QED) is 0.0395. The number of allylic oxidation sites excluding steroid dienone is 3. The average molecular weight is 756 g/mol. The van der Waals surface area contributed by atoms with E-state index < -0.39 is 0 Å². The Morgan fingerprint density at radius 1 is 0.811 bits per heavy atom. The first-order valence-electron chi connectivity index (χ1n) is 20.4. The van der Waals surface area contributed by atoms with E-state index in [0.29, 0.717) is 28.9 Å². The highest BCUT2D eigenvalue weighted by molar-refractivity contribution is 7.18. The number of halogens is 1. The fourth-order valence-electron chi connectivity index (χ4n) is 7.37. The number of fused-ring (bicyclic) bond motifs is 2. The van der Waals surface area contributed by atoms with Crippen LogP contribution in [0.1, 0.15) is 147 Å². The molecule has 0 N–H and O–H groups in total. The van der Waals surface area contributed by atoms with Crippen LogP contribution in [0, 0.1) is 6.57 Å². The number of ether oxygens (including phenoxy) is 1. The molecule has 1 aromatic heterocycles. The highest BCUT2D eigenvalue weighted by Gasteiger charge is 2.32. The van der Waals surface area contributed by atoms with Crippen LogP contribution in [0.5, 0.6) is 5.75 Å². The van der Waals surface area contributed by atoms with Crippen LogP contribution in [-0.4, -0.2) is 12.3 Å². The van der Waals surface area contributed by atoms with Gasteiger partial charge in [0.25, 0.3) is 5.01 Å². The Balaban J connectivity index is 1.25. The van der Waals surface area contributed by atoms with Crippen molar-refractivity contribution < 1.29 is 19.2 Å². The molecule has 0 unspecified atom stereocenters. The standard InChI is InChI=1S/C45H58ClN3O3S/c1-4-6-8-10-12-14-16-18-20-22-28-48-38-31-35(47-3)25-26-40(38)52-42(48)32-36-44(50)37(45(36)51)33-43-49(39-30-34(46)24-27-41(39)53-43)29-23-21-19-17-15-13-11-9-7-5-2/h24-27,30-33H,4-23,28-29H2,1-2H3. The van der Waals surface area contributed by atoms with Gasteiger partial charge in [-0.3, -0.25) is 4.79 Å². The zero-order chi connectivity index (χ0) is 37.4. The molecule has 1 aliphatic heterocycles. The van der Waals surface area contributed by atoms with Gasteiger partial charge in [-0.15, -0.1) is 0 Å². The first-order valence-corrected chi connectivity index (χ1v) is 21.6. The van der Waals surface area contributed by atoms with Gasteiger partial charge in [0.15, 0.2) is 23.8 Å². The Hall–Kier alpha value is -3.60. The molecule has 2 aliphatic rings. The molecule has 0 bridgehead atoms. The van der Waals surface area contributed by atoms with E-state index in [-0.39, 0.29) is 22.7 Å². The Kier molecular flexibility index (Phi) is 16.3. The summed E-state index contributed by atoms with van der Waals surface area (Å²) in [6.45, 7) is 13.5. The van der Waals surface area contributed by atoms with Crippen LogP contribution in [0.15, 0.2) is 65.3 Å². The van der Waals surface area contributed by atoms with Crippen molar-refractivity contribution in [2.45, 2.75) is 149 Å². The summed E-state index contributed by atoms with van der Waals surface area (Å²) in [5.74, 6) is 0.595. The fourth-order valence-corrected chi connectivity index (χ4v) is 8.65. The fraction of sp³-hybridized carbons (Fsp3) is 0.533. The van der Waals surface area contributed by atoms with Crippen LogP contribution >= 0.6 is 22.9 Å². The number of hydrogen-bond acceptors (Lipinski definition) is 5. The van der Waals surface area contributed by atoms with Crippen molar-refractivity contribution >= 4 is 56.4 Å². The summed E-state index contributed by atoms with van der Waals surface area (Å²) in [6, 6.07) is 11.3. The molecule has 0 saturated carbocycles. The van der Waals surface area contributed by atoms with E-state index in [1.54, 1.807) is 35.6 Å². The van der Waals surface area contributed by atoms with Crippen molar-refractivity contribution in [3.63, 3.8) is 0 Å². The number of aryl methyl sites for hydroxylation is 1. The smallest absolute Gasteiger partial charge is 0.263 e. The second-order valence-corrected chi connectivity index (χ2v) is 16.2. The lowest BCUT2D eigenvalue weighted by Gasteiger charge is -2.29. The van der Waals surface area contributed by atoms with Gasteiger partial charge < -0.3 is 14.7 Å². The van der Waals surface area contributed by atoms with Crippen molar-refractivity contribution in [2.24, 2.45) is 0 Å². The number of rotatable bonds is 24. The number of anilines is 1. The second kappa shape index (κ2) is 21.3. The minimum absolute atomic E-state index is 0.142. The summed E-state index contributed by atoms with van der Waals surface area (Å²) in [4.78, 5) is 19.2. The van der Waals surface area contributed by atoms with Crippen LogP contribution < -0.4 is 19.3 Å². The third-order valence-corrected chi connectivity index (χ3v) is 11.9. The number of ketones is 1. The van der Waals surface area contributed by atoms with Crippen molar-refractivity contribution in [2.75, 3.05) is 11.4 Å². The van der Waals surface area contributed by atoms with E-state index >= 15 is 0 Å². The maximum Gasteiger partial charge on any atom is 0.263 e. The molecule has 8 heteroatoms. The molecule has 1 aliphatic carbocycles. The van der Waals surface area contributed by atoms with Crippen LogP contribution in [0.4, 0.5) is 11.4 Å². The average Bonchev–Trinajstić information content (AvgIpc) is 3.69. The summed E-state index contributed by atoms with van der Waals surface area (Å²) < 4.78 is 9.52. The van der Waals surface area contributed by atoms with Gasteiger partial charge in [0.05, 0.1) is 12.3 Å². The van der Waals surface area contributed by atoms with Gasteiger partial charge in [-0.2, -0.15) is 4.57 Å². The molecule has 0 fully saturated rings. The van der Waals surface area contributed by atoms with E-state index in [4.69, 9.17) is 22.9 Å². The summed E-state index contributed by atoms with van der Waals surface area (Å²) in [7, 11) is 0. The van der Waals surface area contributed by atoms with Crippen LogP contribution in [0.2, 0.25) is 5.02 Å². The number of carbonyl (C=O) groups excluding carboxylic acids is 1. The predicted octanol–water partition coefficient (Wildman–Crippen LogP) is 12.6. The zero-order valence-corrected chi connectivity index (χ0v) is 33.6. The van der Waals surface area contributed by atoms with Gasteiger partial charge in [0.1, 0.15) is 4.70 Å². The first-order chi connectivity index (χ1) is 25.9. The molecule has 0 saturated heterocycles.